The van der Waals surface area contributed by atoms with Crippen molar-refractivity contribution in [2.75, 3.05) is 11.4 Å². The van der Waals surface area contributed by atoms with Gasteiger partial charge in [-0.15, -0.1) is 0 Å². The summed E-state index contributed by atoms with van der Waals surface area (Å²) in [6, 6.07) is 13.8. The SMILES string of the molecule is CCCC[C@H](N)C(=O)N(CC)c1cccc2ccccc12. The minimum Gasteiger partial charge on any atom is -0.320 e. The molecule has 0 bridgehead atoms. The number of fused-ring (bicyclic) bond motifs is 1. The van der Waals surface area contributed by atoms with Crippen molar-refractivity contribution in [1.82, 2.24) is 0 Å². The second-order valence-electron chi connectivity index (χ2n) is 5.33. The maximum Gasteiger partial charge on any atom is 0.243 e. The average molecular weight is 284 g/mol. The van der Waals surface area contributed by atoms with Crippen LogP contribution in [0.5, 0.6) is 0 Å². The molecule has 0 heterocycles. The van der Waals surface area contributed by atoms with Gasteiger partial charge in [0, 0.05) is 11.9 Å². The van der Waals surface area contributed by atoms with Crippen molar-refractivity contribution in [1.29, 1.82) is 0 Å². The van der Waals surface area contributed by atoms with Gasteiger partial charge in [0.25, 0.3) is 0 Å². The summed E-state index contributed by atoms with van der Waals surface area (Å²) >= 11 is 0. The van der Waals surface area contributed by atoms with E-state index in [1.165, 1.54) is 0 Å². The maximum atomic E-state index is 12.6. The first-order chi connectivity index (χ1) is 10.2. The normalized spacial score (nSPS) is 12.3. The van der Waals surface area contributed by atoms with Crippen LogP contribution < -0.4 is 10.6 Å². The first-order valence-electron chi connectivity index (χ1n) is 7.73. The number of anilines is 1. The first-order valence-corrected chi connectivity index (χ1v) is 7.73. The zero-order chi connectivity index (χ0) is 15.2. The van der Waals surface area contributed by atoms with Gasteiger partial charge in [-0.25, -0.2) is 0 Å². The van der Waals surface area contributed by atoms with Gasteiger partial charge in [-0.2, -0.15) is 0 Å². The van der Waals surface area contributed by atoms with Crippen molar-refractivity contribution in [3.8, 4) is 0 Å². The van der Waals surface area contributed by atoms with E-state index in [-0.39, 0.29) is 5.91 Å². The van der Waals surface area contributed by atoms with Crippen LogP contribution in [0.2, 0.25) is 0 Å². The molecule has 3 nitrogen and oxygen atoms in total. The van der Waals surface area contributed by atoms with Gasteiger partial charge in [0.2, 0.25) is 5.91 Å². The van der Waals surface area contributed by atoms with Crippen molar-refractivity contribution < 1.29 is 4.79 Å². The molecule has 0 fully saturated rings. The Labute approximate surface area is 126 Å². The molecule has 0 spiro atoms. The highest BCUT2D eigenvalue weighted by molar-refractivity contribution is 6.05. The Morgan fingerprint density at radius 3 is 2.57 bits per heavy atom. The predicted molar refractivity (Wildman–Crippen MR) is 89.5 cm³/mol. The minimum atomic E-state index is -0.413. The lowest BCUT2D eigenvalue weighted by atomic mass is 10.1. The van der Waals surface area contributed by atoms with E-state index in [9.17, 15) is 4.79 Å². The minimum absolute atomic E-state index is 0.0160. The third-order valence-corrected chi connectivity index (χ3v) is 3.83. The Balaban J connectivity index is 2.33. The largest absolute Gasteiger partial charge is 0.320 e. The van der Waals surface area contributed by atoms with Gasteiger partial charge >= 0.3 is 0 Å². The fourth-order valence-electron chi connectivity index (χ4n) is 2.64. The predicted octanol–water partition coefficient (Wildman–Crippen LogP) is 3.71. The Morgan fingerprint density at radius 2 is 1.86 bits per heavy atom. The summed E-state index contributed by atoms with van der Waals surface area (Å²) in [6.07, 6.45) is 2.79. The van der Waals surface area contributed by atoms with Crippen LogP contribution in [-0.2, 0) is 4.79 Å². The fraction of sp³-hybridized carbons (Fsp3) is 0.389. The molecule has 21 heavy (non-hydrogen) atoms. The fourth-order valence-corrected chi connectivity index (χ4v) is 2.64. The van der Waals surface area contributed by atoms with Crippen molar-refractivity contribution >= 4 is 22.4 Å². The smallest absolute Gasteiger partial charge is 0.243 e. The molecule has 0 radical (unpaired) electrons. The number of benzene rings is 2. The van der Waals surface area contributed by atoms with E-state index in [1.807, 2.05) is 36.1 Å². The van der Waals surface area contributed by atoms with Crippen molar-refractivity contribution in [3.63, 3.8) is 0 Å². The number of carbonyl (C=O) groups excluding carboxylic acids is 1. The van der Waals surface area contributed by atoms with Crippen molar-refractivity contribution in [3.05, 3.63) is 42.5 Å². The Hall–Kier alpha value is -1.87. The van der Waals surface area contributed by atoms with Gasteiger partial charge in [-0.05, 0) is 24.8 Å². The standard InChI is InChI=1S/C18H24N2O/c1-3-5-12-16(19)18(21)20(4-2)17-13-8-10-14-9-6-7-11-15(14)17/h6-11,13,16H,3-5,12,19H2,1-2H3/t16-/m0/s1. The van der Waals surface area contributed by atoms with Crippen LogP contribution >= 0.6 is 0 Å². The van der Waals surface area contributed by atoms with E-state index >= 15 is 0 Å². The second kappa shape index (κ2) is 7.23. The van der Waals surface area contributed by atoms with E-state index in [0.717, 1.165) is 35.7 Å². The molecule has 0 aliphatic carbocycles. The van der Waals surface area contributed by atoms with Crippen LogP contribution in [-0.4, -0.2) is 18.5 Å². The van der Waals surface area contributed by atoms with E-state index in [1.54, 1.807) is 0 Å². The molecule has 0 saturated heterocycles. The summed E-state index contributed by atoms with van der Waals surface area (Å²) in [5, 5.41) is 2.24. The molecule has 0 unspecified atom stereocenters. The molecule has 2 rings (SSSR count). The van der Waals surface area contributed by atoms with Crippen molar-refractivity contribution in [2.24, 2.45) is 5.73 Å². The number of carbonyl (C=O) groups is 1. The van der Waals surface area contributed by atoms with Crippen LogP contribution in [0, 0.1) is 0 Å². The molecule has 0 aliphatic heterocycles. The molecule has 112 valence electrons. The number of unbranched alkanes of at least 4 members (excludes halogenated alkanes) is 1. The van der Waals surface area contributed by atoms with Gasteiger partial charge in [-0.3, -0.25) is 4.79 Å². The van der Waals surface area contributed by atoms with E-state index in [2.05, 4.69) is 25.1 Å². The van der Waals surface area contributed by atoms with E-state index < -0.39 is 6.04 Å². The molecule has 3 heteroatoms. The third kappa shape index (κ3) is 3.42. The van der Waals surface area contributed by atoms with E-state index in [4.69, 9.17) is 5.73 Å². The topological polar surface area (TPSA) is 46.3 Å². The summed E-state index contributed by atoms with van der Waals surface area (Å²) in [5.41, 5.74) is 7.02. The van der Waals surface area contributed by atoms with Gasteiger partial charge in [0.1, 0.15) is 0 Å². The van der Waals surface area contributed by atoms with Crippen LogP contribution in [0.15, 0.2) is 42.5 Å². The lowest BCUT2D eigenvalue weighted by Crippen LogP contribution is -2.44. The lowest BCUT2D eigenvalue weighted by Gasteiger charge is -2.25. The number of hydrogen-bond acceptors (Lipinski definition) is 2. The number of amides is 1. The molecular formula is C18H24N2O. The summed E-state index contributed by atoms with van der Waals surface area (Å²) in [4.78, 5) is 14.4. The molecule has 0 aromatic heterocycles. The molecule has 1 atom stereocenters. The molecular weight excluding hydrogens is 260 g/mol. The molecule has 0 saturated carbocycles. The van der Waals surface area contributed by atoms with Gasteiger partial charge in [-0.1, -0.05) is 56.2 Å². The summed E-state index contributed by atoms with van der Waals surface area (Å²) in [5.74, 6) is 0.0160. The Kier molecular flexibility index (Phi) is 5.34. The summed E-state index contributed by atoms with van der Waals surface area (Å²) in [7, 11) is 0. The molecule has 0 aliphatic rings. The number of hydrogen-bond donors (Lipinski definition) is 1. The van der Waals surface area contributed by atoms with Crippen LogP contribution in [0.4, 0.5) is 5.69 Å². The zero-order valence-corrected chi connectivity index (χ0v) is 12.9. The van der Waals surface area contributed by atoms with Crippen molar-refractivity contribution in [2.45, 2.75) is 39.2 Å². The number of nitrogens with two attached hydrogens (primary N) is 1. The average Bonchev–Trinajstić information content (AvgIpc) is 2.53. The van der Waals surface area contributed by atoms with Crippen LogP contribution in [0.25, 0.3) is 10.8 Å². The summed E-state index contributed by atoms with van der Waals surface area (Å²) < 4.78 is 0. The number of rotatable bonds is 6. The summed E-state index contributed by atoms with van der Waals surface area (Å²) in [6.45, 7) is 4.73. The highest BCUT2D eigenvalue weighted by atomic mass is 16.2. The third-order valence-electron chi connectivity index (χ3n) is 3.83. The number of nitrogens with zero attached hydrogens (tertiary/aromatic N) is 1. The quantitative estimate of drug-likeness (QED) is 0.879. The van der Waals surface area contributed by atoms with Gasteiger partial charge in [0.15, 0.2) is 0 Å². The monoisotopic (exact) mass is 284 g/mol. The lowest BCUT2D eigenvalue weighted by molar-refractivity contribution is -0.119. The van der Waals surface area contributed by atoms with Gasteiger partial charge < -0.3 is 10.6 Å². The highest BCUT2D eigenvalue weighted by Gasteiger charge is 2.21. The number of likely N-dealkylation sites (N-methyl/N-ethyl adjacent to an activating group) is 1. The molecule has 2 aromatic rings. The molecule has 2 aromatic carbocycles. The maximum absolute atomic E-state index is 12.6. The van der Waals surface area contributed by atoms with E-state index in [0.29, 0.717) is 6.54 Å². The Morgan fingerprint density at radius 1 is 1.14 bits per heavy atom. The Bertz CT molecular complexity index is 604. The molecule has 2 N–H and O–H groups in total. The van der Waals surface area contributed by atoms with Crippen LogP contribution in [0.3, 0.4) is 0 Å². The highest BCUT2D eigenvalue weighted by Crippen LogP contribution is 2.27. The zero-order valence-electron chi connectivity index (χ0n) is 12.9. The molecule has 1 amide bonds. The van der Waals surface area contributed by atoms with Gasteiger partial charge in [0.05, 0.1) is 11.7 Å². The van der Waals surface area contributed by atoms with Crippen LogP contribution in [0.1, 0.15) is 33.1 Å². The second-order valence-corrected chi connectivity index (χ2v) is 5.33. The first kappa shape index (κ1) is 15.5.